The summed E-state index contributed by atoms with van der Waals surface area (Å²) in [7, 11) is 0. The van der Waals surface area contributed by atoms with Crippen molar-refractivity contribution >= 4 is 5.97 Å². The number of aliphatic carboxylic acids is 1. The lowest BCUT2D eigenvalue weighted by Crippen LogP contribution is -2.43. The molecule has 3 heteroatoms. The summed E-state index contributed by atoms with van der Waals surface area (Å²) >= 11 is 0. The van der Waals surface area contributed by atoms with E-state index in [2.05, 4.69) is 0 Å². The molecular weight excluding hydrogens is 144 g/mol. The second-order valence-corrected chi connectivity index (χ2v) is 3.13. The molecule has 1 atom stereocenters. The molecule has 2 N–H and O–H groups in total. The van der Waals surface area contributed by atoms with Crippen LogP contribution in [0.4, 0.5) is 0 Å². The van der Waals surface area contributed by atoms with Crippen LogP contribution in [-0.4, -0.2) is 21.8 Å². The van der Waals surface area contributed by atoms with Crippen LogP contribution in [-0.2, 0) is 4.79 Å². The molecule has 3 nitrogen and oxygen atoms in total. The quantitative estimate of drug-likeness (QED) is 0.651. The summed E-state index contributed by atoms with van der Waals surface area (Å²) in [5.74, 6) is -1.35. The number of carboxylic acid groups (broad SMARTS) is 1. The van der Waals surface area contributed by atoms with Crippen molar-refractivity contribution in [2.24, 2.45) is 5.92 Å². The van der Waals surface area contributed by atoms with Gasteiger partial charge in [0.2, 0.25) is 0 Å². The van der Waals surface area contributed by atoms with E-state index in [-0.39, 0.29) is 5.92 Å². The third-order valence-corrected chi connectivity index (χ3v) is 1.96. The lowest BCUT2D eigenvalue weighted by Gasteiger charge is -2.26. The predicted octanol–water partition coefficient (Wildman–Crippen LogP) is 1.26. The van der Waals surface area contributed by atoms with Gasteiger partial charge in [-0.2, -0.15) is 0 Å². The van der Waals surface area contributed by atoms with Crippen LogP contribution in [0.5, 0.6) is 0 Å². The van der Waals surface area contributed by atoms with Crippen molar-refractivity contribution in [3.05, 3.63) is 0 Å². The normalized spacial score (nSPS) is 16.5. The fourth-order valence-electron chi connectivity index (χ4n) is 1.02. The third kappa shape index (κ3) is 2.19. The van der Waals surface area contributed by atoms with Gasteiger partial charge in [-0.05, 0) is 12.3 Å². The molecule has 0 saturated carbocycles. The molecule has 0 rings (SSSR count). The van der Waals surface area contributed by atoms with Gasteiger partial charge < -0.3 is 10.2 Å². The van der Waals surface area contributed by atoms with Crippen LogP contribution in [0.3, 0.4) is 0 Å². The number of hydrogen-bond acceptors (Lipinski definition) is 2. The summed E-state index contributed by atoms with van der Waals surface area (Å²) in [5, 5.41) is 18.3. The first-order valence-electron chi connectivity index (χ1n) is 3.91. The minimum atomic E-state index is -1.53. The van der Waals surface area contributed by atoms with Crippen molar-refractivity contribution in [3.8, 4) is 0 Å². The molecule has 0 saturated heterocycles. The first-order valence-corrected chi connectivity index (χ1v) is 3.91. The summed E-state index contributed by atoms with van der Waals surface area (Å²) in [6.45, 7) is 5.28. The molecule has 0 heterocycles. The molecule has 0 aliphatic heterocycles. The highest BCUT2D eigenvalue weighted by Crippen LogP contribution is 2.22. The maximum Gasteiger partial charge on any atom is 0.335 e. The highest BCUT2D eigenvalue weighted by Gasteiger charge is 2.37. The highest BCUT2D eigenvalue weighted by atomic mass is 16.4. The molecule has 0 radical (unpaired) electrons. The summed E-state index contributed by atoms with van der Waals surface area (Å²) in [6.07, 6.45) is 1.00. The minimum Gasteiger partial charge on any atom is -0.479 e. The topological polar surface area (TPSA) is 57.5 Å². The number of aliphatic hydroxyl groups is 1. The van der Waals surface area contributed by atoms with Crippen molar-refractivity contribution in [1.82, 2.24) is 0 Å². The van der Waals surface area contributed by atoms with Crippen LogP contribution in [0.1, 0.15) is 33.6 Å². The van der Waals surface area contributed by atoms with E-state index in [1.807, 2.05) is 6.92 Å². The van der Waals surface area contributed by atoms with Crippen LogP contribution >= 0.6 is 0 Å². The Morgan fingerprint density at radius 1 is 1.55 bits per heavy atom. The van der Waals surface area contributed by atoms with Gasteiger partial charge in [-0.25, -0.2) is 4.79 Å². The predicted molar refractivity (Wildman–Crippen MR) is 42.3 cm³/mol. The number of carbonyl (C=O) groups is 1. The number of rotatable bonds is 4. The van der Waals surface area contributed by atoms with E-state index in [1.165, 1.54) is 0 Å². The zero-order chi connectivity index (χ0) is 9.07. The minimum absolute atomic E-state index is 0.236. The van der Waals surface area contributed by atoms with Gasteiger partial charge in [0.25, 0.3) is 0 Å². The van der Waals surface area contributed by atoms with Gasteiger partial charge in [-0.1, -0.05) is 27.2 Å². The Morgan fingerprint density at radius 2 is 2.00 bits per heavy atom. The Bertz CT molecular complexity index is 142. The Morgan fingerprint density at radius 3 is 2.09 bits per heavy atom. The maximum absolute atomic E-state index is 10.6. The van der Waals surface area contributed by atoms with E-state index < -0.39 is 11.6 Å². The zero-order valence-corrected chi connectivity index (χ0v) is 7.29. The number of carboxylic acids is 1. The van der Waals surface area contributed by atoms with E-state index >= 15 is 0 Å². The molecule has 0 aromatic rings. The summed E-state index contributed by atoms with van der Waals surface area (Å²) in [5.41, 5.74) is -1.53. The van der Waals surface area contributed by atoms with Gasteiger partial charge in [-0.15, -0.1) is 0 Å². The van der Waals surface area contributed by atoms with Crippen molar-refractivity contribution in [1.29, 1.82) is 0 Å². The summed E-state index contributed by atoms with van der Waals surface area (Å²) < 4.78 is 0. The average Bonchev–Trinajstić information content (AvgIpc) is 1.87. The fourth-order valence-corrected chi connectivity index (χ4v) is 1.02. The Labute approximate surface area is 67.0 Å². The molecular formula is C8H16O3. The van der Waals surface area contributed by atoms with Crippen LogP contribution in [0.25, 0.3) is 0 Å². The van der Waals surface area contributed by atoms with Crippen LogP contribution in [0, 0.1) is 5.92 Å². The maximum atomic E-state index is 10.6. The zero-order valence-electron chi connectivity index (χ0n) is 7.29. The van der Waals surface area contributed by atoms with Gasteiger partial charge in [0.05, 0.1) is 0 Å². The van der Waals surface area contributed by atoms with Gasteiger partial charge in [-0.3, -0.25) is 0 Å². The number of hydrogen-bond donors (Lipinski definition) is 2. The molecule has 0 aliphatic rings. The summed E-state index contributed by atoms with van der Waals surface area (Å²) in [6, 6.07) is 0. The lowest BCUT2D eigenvalue weighted by molar-refractivity contribution is -0.164. The molecule has 1 unspecified atom stereocenters. The van der Waals surface area contributed by atoms with E-state index in [4.69, 9.17) is 5.11 Å². The van der Waals surface area contributed by atoms with Crippen molar-refractivity contribution in [2.45, 2.75) is 39.2 Å². The first kappa shape index (κ1) is 10.4. The Kier molecular flexibility index (Phi) is 3.52. The second kappa shape index (κ2) is 3.72. The van der Waals surface area contributed by atoms with E-state index in [0.717, 1.165) is 0 Å². The molecule has 0 amide bonds. The van der Waals surface area contributed by atoms with Gasteiger partial charge in [0.15, 0.2) is 5.60 Å². The van der Waals surface area contributed by atoms with Crippen molar-refractivity contribution in [2.75, 3.05) is 0 Å². The second-order valence-electron chi connectivity index (χ2n) is 3.13. The Balaban J connectivity index is 4.38. The molecule has 66 valence electrons. The molecule has 0 bridgehead atoms. The van der Waals surface area contributed by atoms with Gasteiger partial charge in [0, 0.05) is 0 Å². The highest BCUT2D eigenvalue weighted by molar-refractivity contribution is 5.77. The van der Waals surface area contributed by atoms with Gasteiger partial charge >= 0.3 is 5.97 Å². The van der Waals surface area contributed by atoms with E-state index in [1.54, 1.807) is 13.8 Å². The smallest absolute Gasteiger partial charge is 0.335 e. The molecule has 0 fully saturated rings. The van der Waals surface area contributed by atoms with Crippen LogP contribution in [0.15, 0.2) is 0 Å². The lowest BCUT2D eigenvalue weighted by atomic mass is 9.86. The monoisotopic (exact) mass is 160 g/mol. The molecule has 0 aliphatic carbocycles. The molecule has 0 spiro atoms. The third-order valence-electron chi connectivity index (χ3n) is 1.96. The van der Waals surface area contributed by atoms with Crippen LogP contribution in [0.2, 0.25) is 0 Å². The SMILES string of the molecule is CCCC(O)(C(=O)O)C(C)C. The largest absolute Gasteiger partial charge is 0.479 e. The standard InChI is InChI=1S/C8H16O3/c1-4-5-8(11,6(2)3)7(9)10/h6,11H,4-5H2,1-3H3,(H,9,10). The molecule has 11 heavy (non-hydrogen) atoms. The summed E-state index contributed by atoms with van der Waals surface area (Å²) in [4.78, 5) is 10.6. The van der Waals surface area contributed by atoms with E-state index in [0.29, 0.717) is 12.8 Å². The van der Waals surface area contributed by atoms with Gasteiger partial charge in [0.1, 0.15) is 0 Å². The van der Waals surface area contributed by atoms with Crippen molar-refractivity contribution in [3.63, 3.8) is 0 Å². The fraction of sp³-hybridized carbons (Fsp3) is 0.875. The average molecular weight is 160 g/mol. The molecule has 0 aromatic heterocycles. The van der Waals surface area contributed by atoms with Crippen molar-refractivity contribution < 1.29 is 15.0 Å². The molecule has 0 aromatic carbocycles. The first-order chi connectivity index (χ1) is 4.95. The Hall–Kier alpha value is -0.570. The van der Waals surface area contributed by atoms with E-state index in [9.17, 15) is 9.90 Å². The van der Waals surface area contributed by atoms with Crippen LogP contribution < -0.4 is 0 Å².